The number of amides is 2. The van der Waals surface area contributed by atoms with Gasteiger partial charge in [0.15, 0.2) is 5.17 Å². The first kappa shape index (κ1) is 24.7. The Hall–Kier alpha value is -3.43. The number of nitrogens with one attached hydrogen (secondary N) is 1. The van der Waals surface area contributed by atoms with Crippen molar-refractivity contribution in [1.82, 2.24) is 0 Å². The second-order valence-electron chi connectivity index (χ2n) is 7.81. The van der Waals surface area contributed by atoms with Crippen molar-refractivity contribution in [3.05, 3.63) is 76.7 Å². The number of carbonyl (C=O) groups is 3. The van der Waals surface area contributed by atoms with Crippen molar-refractivity contribution in [2.24, 2.45) is 4.99 Å². The lowest BCUT2D eigenvalue weighted by molar-refractivity contribution is -0.121. The first-order valence-corrected chi connectivity index (χ1v) is 12.8. The third-order valence-electron chi connectivity index (χ3n) is 5.42. The van der Waals surface area contributed by atoms with Crippen LogP contribution in [0.15, 0.2) is 65.7 Å². The Kier molecular flexibility index (Phi) is 7.67. The minimum atomic E-state index is -0.647. The third-order valence-corrected chi connectivity index (χ3v) is 7.68. The maximum absolute atomic E-state index is 13.4. The maximum Gasteiger partial charge on any atom is 0.341 e. The Morgan fingerprint density at radius 1 is 1.06 bits per heavy atom. The summed E-state index contributed by atoms with van der Waals surface area (Å²) in [7, 11) is 0. The molecule has 7 nitrogen and oxygen atoms in total. The summed E-state index contributed by atoms with van der Waals surface area (Å²) in [5.41, 5.74) is 2.56. The normalized spacial score (nSPS) is 16.5. The Labute approximate surface area is 212 Å². The number of carbonyl (C=O) groups excluding carboxylic acids is 3. The number of aryl methyl sites for hydroxylation is 1. The topological polar surface area (TPSA) is 88.1 Å². The van der Waals surface area contributed by atoms with E-state index in [9.17, 15) is 14.4 Å². The molecule has 1 aromatic heterocycles. The number of aliphatic imine (C=N–C) groups is 1. The summed E-state index contributed by atoms with van der Waals surface area (Å²) in [4.78, 5) is 46.0. The Balaban J connectivity index is 1.56. The smallest absolute Gasteiger partial charge is 0.341 e. The van der Waals surface area contributed by atoms with Crippen molar-refractivity contribution in [3.63, 3.8) is 0 Å². The molecule has 0 bridgehead atoms. The lowest BCUT2D eigenvalue weighted by atomic mass is 10.1. The molecular formula is C26H25N3O4S2. The van der Waals surface area contributed by atoms with Gasteiger partial charge in [0.05, 0.1) is 23.5 Å². The molecule has 1 N–H and O–H groups in total. The van der Waals surface area contributed by atoms with E-state index in [4.69, 9.17) is 4.74 Å². The summed E-state index contributed by atoms with van der Waals surface area (Å²) in [6.07, 6.45) is -0.0566. The molecule has 1 saturated heterocycles. The van der Waals surface area contributed by atoms with Crippen LogP contribution in [0.1, 0.15) is 34.1 Å². The van der Waals surface area contributed by atoms with Gasteiger partial charge >= 0.3 is 5.97 Å². The molecule has 1 fully saturated rings. The first-order chi connectivity index (χ1) is 16.9. The highest BCUT2D eigenvalue weighted by Gasteiger charge is 2.40. The van der Waals surface area contributed by atoms with Crippen molar-refractivity contribution < 1.29 is 19.1 Å². The molecule has 0 radical (unpaired) electrons. The molecule has 1 atom stereocenters. The summed E-state index contributed by atoms with van der Waals surface area (Å²) in [6, 6.07) is 18.6. The lowest BCUT2D eigenvalue weighted by Crippen LogP contribution is -2.33. The Morgan fingerprint density at radius 3 is 2.37 bits per heavy atom. The lowest BCUT2D eigenvalue weighted by Gasteiger charge is -2.16. The van der Waals surface area contributed by atoms with Gasteiger partial charge in [-0.15, -0.1) is 11.3 Å². The van der Waals surface area contributed by atoms with Crippen LogP contribution in [-0.2, 0) is 14.3 Å². The Morgan fingerprint density at radius 2 is 1.71 bits per heavy atom. The number of rotatable bonds is 7. The van der Waals surface area contributed by atoms with Crippen LogP contribution < -0.4 is 10.2 Å². The van der Waals surface area contributed by atoms with Crippen molar-refractivity contribution in [1.29, 1.82) is 0 Å². The minimum absolute atomic E-state index is 0.0566. The van der Waals surface area contributed by atoms with Crippen LogP contribution in [0.5, 0.6) is 0 Å². The number of anilines is 2. The van der Waals surface area contributed by atoms with Gasteiger partial charge in [0, 0.05) is 11.3 Å². The monoisotopic (exact) mass is 507 g/mol. The van der Waals surface area contributed by atoms with Crippen molar-refractivity contribution in [3.8, 4) is 0 Å². The van der Waals surface area contributed by atoms with Gasteiger partial charge in [-0.05, 0) is 50.6 Å². The van der Waals surface area contributed by atoms with E-state index >= 15 is 0 Å². The quantitative estimate of drug-likeness (QED) is 0.414. The van der Waals surface area contributed by atoms with Gasteiger partial charge in [0.1, 0.15) is 10.3 Å². The van der Waals surface area contributed by atoms with E-state index in [1.165, 1.54) is 23.1 Å². The van der Waals surface area contributed by atoms with Gasteiger partial charge in [-0.3, -0.25) is 14.5 Å². The molecule has 180 valence electrons. The first-order valence-electron chi connectivity index (χ1n) is 11.2. The predicted molar refractivity (Wildman–Crippen MR) is 142 cm³/mol. The van der Waals surface area contributed by atoms with E-state index in [1.54, 1.807) is 11.8 Å². The van der Waals surface area contributed by atoms with Gasteiger partial charge in [-0.25, -0.2) is 9.79 Å². The van der Waals surface area contributed by atoms with Crippen LogP contribution in [0.25, 0.3) is 0 Å². The third kappa shape index (κ3) is 5.47. The predicted octanol–water partition coefficient (Wildman–Crippen LogP) is 5.71. The van der Waals surface area contributed by atoms with Crippen LogP contribution in [-0.4, -0.2) is 34.8 Å². The number of hydrogen-bond acceptors (Lipinski definition) is 7. The number of esters is 1. The molecule has 2 aromatic carbocycles. The molecule has 0 spiro atoms. The molecule has 2 heterocycles. The van der Waals surface area contributed by atoms with E-state index in [2.05, 4.69) is 10.3 Å². The highest BCUT2D eigenvalue weighted by molar-refractivity contribution is 8.16. The summed E-state index contributed by atoms with van der Waals surface area (Å²) >= 11 is 2.58. The van der Waals surface area contributed by atoms with E-state index in [1.807, 2.05) is 74.5 Å². The van der Waals surface area contributed by atoms with E-state index in [-0.39, 0.29) is 24.8 Å². The molecule has 1 aliphatic heterocycles. The fourth-order valence-electron chi connectivity index (χ4n) is 3.61. The fraction of sp³-hybridized carbons (Fsp3) is 0.231. The molecule has 3 aromatic rings. The molecular weight excluding hydrogens is 482 g/mol. The molecule has 2 amide bonds. The minimum Gasteiger partial charge on any atom is -0.462 e. The number of benzene rings is 2. The van der Waals surface area contributed by atoms with Crippen molar-refractivity contribution >= 4 is 62.4 Å². The number of ether oxygens (including phenoxy) is 1. The van der Waals surface area contributed by atoms with Crippen LogP contribution in [0.2, 0.25) is 0 Å². The largest absolute Gasteiger partial charge is 0.462 e. The number of nitrogens with zero attached hydrogens (tertiary/aromatic N) is 2. The zero-order valence-electron chi connectivity index (χ0n) is 19.6. The number of thiophene rings is 1. The Bertz CT molecular complexity index is 1270. The van der Waals surface area contributed by atoms with Crippen LogP contribution in [0.4, 0.5) is 16.4 Å². The number of amidine groups is 1. The number of para-hydroxylation sites is 2. The summed E-state index contributed by atoms with van der Waals surface area (Å²) < 4.78 is 5.16. The zero-order valence-corrected chi connectivity index (χ0v) is 21.2. The van der Waals surface area contributed by atoms with Crippen molar-refractivity contribution in [2.45, 2.75) is 32.4 Å². The number of thioether (sulfide) groups is 1. The van der Waals surface area contributed by atoms with Gasteiger partial charge in [-0.2, -0.15) is 0 Å². The molecule has 4 rings (SSSR count). The highest BCUT2D eigenvalue weighted by atomic mass is 32.2. The van der Waals surface area contributed by atoms with E-state index in [0.29, 0.717) is 21.4 Å². The molecule has 9 heteroatoms. The summed E-state index contributed by atoms with van der Waals surface area (Å²) in [5.74, 6) is -1.03. The molecule has 35 heavy (non-hydrogen) atoms. The van der Waals surface area contributed by atoms with Gasteiger partial charge in [-0.1, -0.05) is 48.2 Å². The fourth-order valence-corrected chi connectivity index (χ4v) is 5.83. The van der Waals surface area contributed by atoms with Crippen molar-refractivity contribution in [2.75, 3.05) is 16.8 Å². The van der Waals surface area contributed by atoms with Gasteiger partial charge < -0.3 is 10.1 Å². The zero-order chi connectivity index (χ0) is 24.9. The van der Waals surface area contributed by atoms with Crippen LogP contribution in [0.3, 0.4) is 0 Å². The molecule has 0 aliphatic carbocycles. The average molecular weight is 508 g/mol. The SMILES string of the molecule is CCOC(=O)c1c(NC(=O)C[C@@H]2SC(=Nc3ccccc3)N(c3ccccc3)C2=O)sc(C)c1C. The second kappa shape index (κ2) is 10.9. The second-order valence-corrected chi connectivity index (χ2v) is 10.2. The van der Waals surface area contributed by atoms with E-state index < -0.39 is 11.2 Å². The van der Waals surface area contributed by atoms with Crippen LogP contribution >= 0.6 is 23.1 Å². The average Bonchev–Trinajstić information content (AvgIpc) is 3.29. The molecule has 1 aliphatic rings. The van der Waals surface area contributed by atoms with Gasteiger partial charge in [0.2, 0.25) is 11.8 Å². The standard InChI is InChI=1S/C26H25N3O4S2/c1-4-33-25(32)22-16(2)17(3)34-23(22)28-21(30)15-20-24(31)29(19-13-9-6-10-14-19)26(35-20)27-18-11-7-5-8-12-18/h5-14,20H,4,15H2,1-3H3,(H,28,30)/t20-/m0/s1. The highest BCUT2D eigenvalue weighted by Crippen LogP contribution is 2.37. The summed E-state index contributed by atoms with van der Waals surface area (Å²) in [5, 5.41) is 3.14. The number of hydrogen-bond donors (Lipinski definition) is 1. The molecule has 0 saturated carbocycles. The summed E-state index contributed by atoms with van der Waals surface area (Å²) in [6.45, 7) is 5.69. The maximum atomic E-state index is 13.4. The van der Waals surface area contributed by atoms with Crippen LogP contribution in [0, 0.1) is 13.8 Å². The van der Waals surface area contributed by atoms with Gasteiger partial charge in [0.25, 0.3) is 0 Å². The molecule has 0 unspecified atom stereocenters. The van der Waals surface area contributed by atoms with E-state index in [0.717, 1.165) is 16.1 Å².